The van der Waals surface area contributed by atoms with Crippen LogP contribution in [0.1, 0.15) is 61.1 Å². The van der Waals surface area contributed by atoms with Crippen LogP contribution in [0.5, 0.6) is 5.75 Å². The number of hydrogen-bond donors (Lipinski definition) is 2. The van der Waals surface area contributed by atoms with Crippen molar-refractivity contribution < 1.29 is 30.9 Å². The van der Waals surface area contributed by atoms with Crippen LogP contribution in [0.25, 0.3) is 67.0 Å². The second-order valence-corrected chi connectivity index (χ2v) is 17.9. The largest absolute Gasteiger partial charge is 2.00 e. The number of rotatable bonds is 9. The van der Waals surface area contributed by atoms with Crippen molar-refractivity contribution in [2.75, 3.05) is 33.2 Å². The summed E-state index contributed by atoms with van der Waals surface area (Å²) in [6.45, 7) is 9.93. The molecule has 2 aliphatic rings. The van der Waals surface area contributed by atoms with E-state index in [1.165, 1.54) is 55.6 Å². The molecule has 8 aromatic rings. The summed E-state index contributed by atoms with van der Waals surface area (Å²) in [5.41, 5.74) is 21.6. The molecule has 328 valence electrons. The van der Waals surface area contributed by atoms with Gasteiger partial charge in [-0.3, -0.25) is 0 Å². The first-order chi connectivity index (χ1) is 31.0. The first kappa shape index (κ1) is 45.4. The van der Waals surface area contributed by atoms with Gasteiger partial charge in [0, 0.05) is 61.9 Å². The van der Waals surface area contributed by atoms with Crippen molar-refractivity contribution in [3.8, 4) is 72.8 Å². The predicted octanol–water partition coefficient (Wildman–Crippen LogP) is 12.3. The van der Waals surface area contributed by atoms with Crippen LogP contribution in [0.4, 0.5) is 5.69 Å². The summed E-state index contributed by atoms with van der Waals surface area (Å²) in [6, 6.07) is 53.9. The van der Waals surface area contributed by atoms with Crippen molar-refractivity contribution in [3.63, 3.8) is 0 Å². The van der Waals surface area contributed by atoms with Crippen LogP contribution in [-0.2, 0) is 45.0 Å². The van der Waals surface area contributed by atoms with E-state index in [-0.39, 0.29) is 38.5 Å². The Bertz CT molecular complexity index is 3040. The van der Waals surface area contributed by atoms with Gasteiger partial charge in [0.05, 0.1) is 7.11 Å². The monoisotopic (exact) mass is 1030 g/mol. The van der Waals surface area contributed by atoms with Gasteiger partial charge in [-0.25, -0.2) is 0 Å². The SMILES string of the molecule is CNCc1ccnc(-c2[c-]cc(-c3cccc4c3C(C)(C)c3ccccc3-4)cc2CO)c1.COc1cc(-c2cccc3c2C(C)(C)c2ccccc2-3)c[c-]c1-c1cc(N(C)C)ccn1.[Pt+2]. The summed E-state index contributed by atoms with van der Waals surface area (Å²) in [5, 5.41) is 13.4. The zero-order valence-corrected chi connectivity index (χ0v) is 40.6. The number of anilines is 1. The van der Waals surface area contributed by atoms with Crippen molar-refractivity contribution in [1.29, 1.82) is 0 Å². The fourth-order valence-electron chi connectivity index (χ4n) is 9.99. The summed E-state index contributed by atoms with van der Waals surface area (Å²) < 4.78 is 5.81. The third-order valence-corrected chi connectivity index (χ3v) is 13.1. The Morgan fingerprint density at radius 2 is 1.12 bits per heavy atom. The van der Waals surface area contributed by atoms with Gasteiger partial charge in [0.15, 0.2) is 0 Å². The Balaban J connectivity index is 0.000000175. The maximum absolute atomic E-state index is 10.2. The minimum absolute atomic E-state index is 0. The van der Waals surface area contributed by atoms with Gasteiger partial charge in [0.25, 0.3) is 0 Å². The van der Waals surface area contributed by atoms with E-state index in [0.29, 0.717) is 0 Å². The molecular weight excluding hydrogens is 980 g/mol. The summed E-state index contributed by atoms with van der Waals surface area (Å²) in [5.74, 6) is 0.775. The number of aliphatic hydroxyl groups excluding tert-OH is 1. The van der Waals surface area contributed by atoms with Crippen molar-refractivity contribution in [3.05, 3.63) is 191 Å². The Morgan fingerprint density at radius 1 is 0.615 bits per heavy atom. The quantitative estimate of drug-likeness (QED) is 0.140. The Kier molecular flexibility index (Phi) is 12.8. The second-order valence-electron chi connectivity index (χ2n) is 17.9. The van der Waals surface area contributed by atoms with Crippen LogP contribution in [0, 0.1) is 12.1 Å². The Morgan fingerprint density at radius 3 is 1.68 bits per heavy atom. The zero-order chi connectivity index (χ0) is 44.8. The Hall–Kier alpha value is -6.17. The number of aromatic nitrogens is 2. The maximum atomic E-state index is 10.2. The topological polar surface area (TPSA) is 70.5 Å². The molecule has 2 N–H and O–H groups in total. The van der Waals surface area contributed by atoms with Crippen LogP contribution in [0.3, 0.4) is 0 Å². The summed E-state index contributed by atoms with van der Waals surface area (Å²) in [4.78, 5) is 11.2. The smallest absolute Gasteiger partial charge is 0.540 e. The van der Waals surface area contributed by atoms with Gasteiger partial charge >= 0.3 is 21.1 Å². The van der Waals surface area contributed by atoms with Crippen molar-refractivity contribution >= 4 is 5.69 Å². The van der Waals surface area contributed by atoms with E-state index in [4.69, 9.17) is 4.74 Å². The molecule has 2 aliphatic carbocycles. The van der Waals surface area contributed by atoms with Gasteiger partial charge in [-0.05, 0) is 80.6 Å². The molecule has 0 radical (unpaired) electrons. The van der Waals surface area contributed by atoms with Crippen molar-refractivity contribution in [2.45, 2.75) is 51.7 Å². The van der Waals surface area contributed by atoms with E-state index in [1.807, 2.05) is 51.7 Å². The number of pyridine rings is 2. The predicted molar refractivity (Wildman–Crippen MR) is 263 cm³/mol. The molecule has 65 heavy (non-hydrogen) atoms. The van der Waals surface area contributed by atoms with Gasteiger partial charge in [0.1, 0.15) is 0 Å². The van der Waals surface area contributed by atoms with E-state index in [1.54, 1.807) is 7.11 Å². The number of benzene rings is 6. The van der Waals surface area contributed by atoms with E-state index in [9.17, 15) is 5.11 Å². The molecular formula is C58H54N4O2Pt. The zero-order valence-electron chi connectivity index (χ0n) is 38.3. The minimum atomic E-state index is -0.0936. The van der Waals surface area contributed by atoms with Crippen molar-refractivity contribution in [2.24, 2.45) is 0 Å². The molecule has 0 saturated heterocycles. The van der Waals surface area contributed by atoms with Gasteiger partial charge in [-0.1, -0.05) is 159 Å². The molecule has 6 nitrogen and oxygen atoms in total. The van der Waals surface area contributed by atoms with Crippen LogP contribution >= 0.6 is 0 Å². The number of aliphatic hydroxyl groups is 1. The number of hydrogen-bond acceptors (Lipinski definition) is 6. The van der Waals surface area contributed by atoms with Gasteiger partial charge in [-0.2, -0.15) is 0 Å². The van der Waals surface area contributed by atoms with E-state index >= 15 is 0 Å². The van der Waals surface area contributed by atoms with E-state index in [0.717, 1.165) is 62.8 Å². The van der Waals surface area contributed by atoms with Gasteiger partial charge < -0.3 is 30.0 Å². The molecule has 2 aromatic heterocycles. The molecule has 2 heterocycles. The summed E-state index contributed by atoms with van der Waals surface area (Å²) in [6.07, 6.45) is 3.64. The average molecular weight is 1030 g/mol. The van der Waals surface area contributed by atoms with E-state index in [2.05, 4.69) is 175 Å². The molecule has 0 unspecified atom stereocenters. The normalized spacial score (nSPS) is 13.3. The second kappa shape index (κ2) is 18.4. The third-order valence-electron chi connectivity index (χ3n) is 13.1. The van der Waals surface area contributed by atoms with Crippen molar-refractivity contribution in [1.82, 2.24) is 15.3 Å². The first-order valence-corrected chi connectivity index (χ1v) is 21.9. The average Bonchev–Trinajstić information content (AvgIpc) is 3.71. The fourth-order valence-corrected chi connectivity index (χ4v) is 9.99. The van der Waals surface area contributed by atoms with Crippen LogP contribution in [0.15, 0.2) is 146 Å². The third kappa shape index (κ3) is 8.14. The Labute approximate surface area is 398 Å². The molecule has 0 saturated carbocycles. The standard InChI is InChI=1S/2C29H27N2O.Pt/c1-29(2)25-12-7-6-9-22(25)23-11-8-10-21(28(23)29)19-13-14-24(27(17-19)32-5)26-18-20(31(3)4)15-16-30-26;1-29(2)26-10-5-4-7-24(26)25-9-6-8-23(28(25)29)20-11-12-22(21(16-20)18-32)27-15-19(17-30-3)13-14-31-27;/h6-13,15-18H,1-5H3;4-11,13-16,30,32H,17-18H2,1-3H3;/q2*-1;+2. The molecule has 0 amide bonds. The number of methoxy groups -OCH3 is 1. The van der Waals surface area contributed by atoms with Crippen LogP contribution in [-0.4, -0.2) is 43.3 Å². The van der Waals surface area contributed by atoms with E-state index < -0.39 is 0 Å². The van der Waals surface area contributed by atoms with Gasteiger partial charge in [0.2, 0.25) is 0 Å². The van der Waals surface area contributed by atoms with Crippen LogP contribution < -0.4 is 15.0 Å². The number of nitrogens with one attached hydrogen (secondary N) is 1. The summed E-state index contributed by atoms with van der Waals surface area (Å²) >= 11 is 0. The molecule has 6 aromatic carbocycles. The van der Waals surface area contributed by atoms with Gasteiger partial charge in [-0.15, -0.1) is 41.5 Å². The molecule has 0 spiro atoms. The number of nitrogens with zero attached hydrogens (tertiary/aromatic N) is 3. The molecule has 0 bridgehead atoms. The van der Waals surface area contributed by atoms with Crippen LogP contribution in [0.2, 0.25) is 0 Å². The minimum Gasteiger partial charge on any atom is -0.540 e. The maximum Gasteiger partial charge on any atom is 2.00 e. The molecule has 7 heteroatoms. The summed E-state index contributed by atoms with van der Waals surface area (Å²) in [7, 11) is 7.69. The number of ether oxygens (including phenoxy) is 1. The molecule has 0 aliphatic heterocycles. The number of fused-ring (bicyclic) bond motifs is 6. The molecule has 10 rings (SSSR count). The fraction of sp³-hybridized carbons (Fsp3) is 0.207. The molecule has 0 fully saturated rings. The molecule has 0 atom stereocenters. The first-order valence-electron chi connectivity index (χ1n) is 21.9.